The van der Waals surface area contributed by atoms with E-state index in [4.69, 9.17) is 32.7 Å². The van der Waals surface area contributed by atoms with E-state index >= 15 is 0 Å². The molecule has 3 aromatic rings. The van der Waals surface area contributed by atoms with Crippen LogP contribution in [0.2, 0.25) is 10.0 Å². The molecule has 0 amide bonds. The summed E-state index contributed by atoms with van der Waals surface area (Å²) in [5.74, 6) is -0.0836. The third-order valence-corrected chi connectivity index (χ3v) is 4.24. The Bertz CT molecular complexity index is 1040. The molecular weight excluding hydrogens is 373 g/mol. The zero-order chi connectivity index (χ0) is 18.7. The minimum Gasteiger partial charge on any atom is -0.478 e. The van der Waals surface area contributed by atoms with Gasteiger partial charge < -0.3 is 9.52 Å². The van der Waals surface area contributed by atoms with Gasteiger partial charge in [0.15, 0.2) is 0 Å². The molecule has 0 bridgehead atoms. The minimum absolute atomic E-state index is 0.0246. The second-order valence-corrected chi connectivity index (χ2v) is 6.22. The van der Waals surface area contributed by atoms with Gasteiger partial charge in [-0.15, -0.1) is 0 Å². The number of rotatable bonds is 4. The van der Waals surface area contributed by atoms with Gasteiger partial charge >= 0.3 is 5.97 Å². The van der Waals surface area contributed by atoms with Gasteiger partial charge in [0.2, 0.25) is 0 Å². The second kappa shape index (κ2) is 7.49. The third-order valence-electron chi connectivity index (χ3n) is 3.67. The van der Waals surface area contributed by atoms with Gasteiger partial charge in [0.05, 0.1) is 22.2 Å². The smallest absolute Gasteiger partial charge is 0.337 e. The average molecular weight is 384 g/mol. The van der Waals surface area contributed by atoms with Crippen LogP contribution < -0.4 is 0 Å². The Morgan fingerprint density at radius 3 is 2.42 bits per heavy atom. The monoisotopic (exact) mass is 383 g/mol. The van der Waals surface area contributed by atoms with Crippen LogP contribution in [0.4, 0.5) is 0 Å². The fourth-order valence-electron chi connectivity index (χ4n) is 2.38. The summed E-state index contributed by atoms with van der Waals surface area (Å²) in [7, 11) is 0. The van der Waals surface area contributed by atoms with Crippen molar-refractivity contribution >= 4 is 40.8 Å². The number of hydrogen-bond acceptors (Lipinski definition) is 3. The summed E-state index contributed by atoms with van der Waals surface area (Å²) in [6.45, 7) is 0. The number of carbonyl (C=O) groups is 1. The van der Waals surface area contributed by atoms with Gasteiger partial charge in [-0.2, -0.15) is 5.26 Å². The maximum atomic E-state index is 11.0. The van der Waals surface area contributed by atoms with E-state index in [1.807, 2.05) is 0 Å². The molecule has 0 aliphatic carbocycles. The molecule has 6 heteroatoms. The van der Waals surface area contributed by atoms with Crippen molar-refractivity contribution in [3.63, 3.8) is 0 Å². The first kappa shape index (κ1) is 17.8. The molecule has 0 spiro atoms. The summed E-state index contributed by atoms with van der Waals surface area (Å²) in [5.41, 5.74) is 1.83. The number of halogens is 2. The minimum atomic E-state index is -1.09. The maximum absolute atomic E-state index is 11.0. The molecule has 3 rings (SSSR count). The number of benzene rings is 2. The highest BCUT2D eigenvalue weighted by Gasteiger charge is 2.12. The van der Waals surface area contributed by atoms with E-state index in [9.17, 15) is 10.1 Å². The lowest BCUT2D eigenvalue weighted by molar-refractivity contribution is 0.0697. The fourth-order valence-corrected chi connectivity index (χ4v) is 2.77. The first-order valence-corrected chi connectivity index (χ1v) is 8.24. The van der Waals surface area contributed by atoms with Gasteiger partial charge in [-0.25, -0.2) is 4.79 Å². The van der Waals surface area contributed by atoms with E-state index in [1.54, 1.807) is 48.5 Å². The van der Waals surface area contributed by atoms with Crippen molar-refractivity contribution in [1.82, 2.24) is 0 Å². The molecular formula is C20H11Cl2NO3. The van der Waals surface area contributed by atoms with Gasteiger partial charge in [-0.05, 0) is 48.0 Å². The number of nitriles is 1. The molecule has 128 valence electrons. The quantitative estimate of drug-likeness (QED) is 0.559. The van der Waals surface area contributed by atoms with Crippen molar-refractivity contribution in [3.8, 4) is 17.4 Å². The molecule has 0 fully saturated rings. The van der Waals surface area contributed by atoms with Crippen LogP contribution in [0.15, 0.2) is 59.0 Å². The molecule has 0 saturated carbocycles. The molecule has 0 atom stereocenters. The normalized spacial score (nSPS) is 11.2. The summed E-state index contributed by atoms with van der Waals surface area (Å²) in [6.07, 6.45) is 1.62. The fraction of sp³-hybridized carbons (Fsp3) is 0. The predicted molar refractivity (Wildman–Crippen MR) is 101 cm³/mol. The first-order valence-electron chi connectivity index (χ1n) is 7.48. The van der Waals surface area contributed by atoms with Gasteiger partial charge in [0.1, 0.15) is 11.5 Å². The molecule has 1 aromatic heterocycles. The molecule has 0 aliphatic rings. The molecule has 0 unspecified atom stereocenters. The molecule has 0 radical (unpaired) electrons. The summed E-state index contributed by atoms with van der Waals surface area (Å²) < 4.78 is 5.74. The van der Waals surface area contributed by atoms with Gasteiger partial charge in [0.25, 0.3) is 0 Å². The topological polar surface area (TPSA) is 74.2 Å². The Morgan fingerprint density at radius 1 is 1.08 bits per heavy atom. The molecule has 2 aromatic carbocycles. The standard InChI is InChI=1S/C20H11Cl2NO3/c21-15-4-1-12(2-5-15)14(11-23)9-16-6-8-19(26-16)13-3-7-17(20(24)25)18(22)10-13/h1-10H,(H,24,25)/b14-9-. The van der Waals surface area contributed by atoms with E-state index in [0.717, 1.165) is 5.56 Å². The van der Waals surface area contributed by atoms with Crippen LogP contribution in [0, 0.1) is 11.3 Å². The van der Waals surface area contributed by atoms with E-state index < -0.39 is 5.97 Å². The molecule has 0 saturated heterocycles. The lowest BCUT2D eigenvalue weighted by Gasteiger charge is -2.02. The number of allylic oxidation sites excluding steroid dienone is 1. The second-order valence-electron chi connectivity index (χ2n) is 5.38. The van der Waals surface area contributed by atoms with Crippen molar-refractivity contribution in [1.29, 1.82) is 5.26 Å². The summed E-state index contributed by atoms with van der Waals surface area (Å²) >= 11 is 11.9. The highest BCUT2D eigenvalue weighted by atomic mass is 35.5. The Kier molecular flexibility index (Phi) is 5.13. The van der Waals surface area contributed by atoms with Crippen LogP contribution in [0.3, 0.4) is 0 Å². The third kappa shape index (κ3) is 3.80. The summed E-state index contributed by atoms with van der Waals surface area (Å²) in [4.78, 5) is 11.0. The van der Waals surface area contributed by atoms with Crippen LogP contribution in [0.5, 0.6) is 0 Å². The summed E-state index contributed by atoms with van der Waals surface area (Å²) in [6, 6.07) is 17.1. The van der Waals surface area contributed by atoms with E-state index in [-0.39, 0.29) is 10.6 Å². The SMILES string of the molecule is N#C/C(=C/c1ccc(-c2ccc(C(=O)O)c(Cl)c2)o1)c1ccc(Cl)cc1. The zero-order valence-corrected chi connectivity index (χ0v) is 14.8. The maximum Gasteiger partial charge on any atom is 0.337 e. The van der Waals surface area contributed by atoms with Crippen molar-refractivity contribution in [2.24, 2.45) is 0 Å². The highest BCUT2D eigenvalue weighted by molar-refractivity contribution is 6.33. The molecule has 1 N–H and O–H groups in total. The van der Waals surface area contributed by atoms with E-state index in [0.29, 0.717) is 27.7 Å². The Balaban J connectivity index is 1.92. The number of nitrogens with zero attached hydrogens (tertiary/aromatic N) is 1. The number of aromatic carboxylic acids is 1. The van der Waals surface area contributed by atoms with Gasteiger partial charge in [0, 0.05) is 10.6 Å². The largest absolute Gasteiger partial charge is 0.478 e. The highest BCUT2D eigenvalue weighted by Crippen LogP contribution is 2.29. The van der Waals surface area contributed by atoms with Crippen LogP contribution in [0.25, 0.3) is 23.0 Å². The van der Waals surface area contributed by atoms with Crippen molar-refractivity contribution in [2.75, 3.05) is 0 Å². The van der Waals surface area contributed by atoms with Crippen LogP contribution in [0.1, 0.15) is 21.7 Å². The predicted octanol–water partition coefficient (Wildman–Crippen LogP) is 6.02. The summed E-state index contributed by atoms with van der Waals surface area (Å²) in [5, 5.41) is 19.1. The number of carboxylic acid groups (broad SMARTS) is 1. The number of furan rings is 1. The Morgan fingerprint density at radius 2 is 1.81 bits per heavy atom. The van der Waals surface area contributed by atoms with Gasteiger partial charge in [-0.1, -0.05) is 41.4 Å². The number of carboxylic acids is 1. The van der Waals surface area contributed by atoms with Crippen LogP contribution >= 0.6 is 23.2 Å². The lowest BCUT2D eigenvalue weighted by Crippen LogP contribution is -1.96. The average Bonchev–Trinajstić information content (AvgIpc) is 3.09. The van der Waals surface area contributed by atoms with Crippen LogP contribution in [-0.2, 0) is 0 Å². The van der Waals surface area contributed by atoms with Crippen molar-refractivity contribution < 1.29 is 14.3 Å². The van der Waals surface area contributed by atoms with E-state index in [1.165, 1.54) is 12.1 Å². The molecule has 1 heterocycles. The molecule has 4 nitrogen and oxygen atoms in total. The molecule has 0 aliphatic heterocycles. The Hall–Kier alpha value is -3.00. The van der Waals surface area contributed by atoms with E-state index in [2.05, 4.69) is 6.07 Å². The first-order chi connectivity index (χ1) is 12.5. The Labute approximate surface area is 159 Å². The van der Waals surface area contributed by atoms with Crippen molar-refractivity contribution in [3.05, 3.63) is 81.5 Å². The number of hydrogen-bond donors (Lipinski definition) is 1. The van der Waals surface area contributed by atoms with Crippen LogP contribution in [-0.4, -0.2) is 11.1 Å². The zero-order valence-electron chi connectivity index (χ0n) is 13.2. The lowest BCUT2D eigenvalue weighted by atomic mass is 10.1. The van der Waals surface area contributed by atoms with Crippen molar-refractivity contribution in [2.45, 2.75) is 0 Å². The molecule has 26 heavy (non-hydrogen) atoms. The van der Waals surface area contributed by atoms with Gasteiger partial charge in [-0.3, -0.25) is 0 Å².